The van der Waals surface area contributed by atoms with Crippen molar-refractivity contribution in [1.29, 1.82) is 0 Å². The molecule has 3 atom stereocenters. The molecule has 0 amide bonds. The first-order chi connectivity index (χ1) is 20.1. The number of carboxylic acids is 1. The Kier molecular flexibility index (Phi) is 7.73. The summed E-state index contributed by atoms with van der Waals surface area (Å²) < 4.78 is 27.1. The molecule has 1 unspecified atom stereocenters. The minimum atomic E-state index is -0.750. The molecule has 0 bridgehead atoms. The zero-order valence-corrected chi connectivity index (χ0v) is 25.0. The zero-order chi connectivity index (χ0) is 29.6. The van der Waals surface area contributed by atoms with Gasteiger partial charge < -0.3 is 14.6 Å². The van der Waals surface area contributed by atoms with E-state index >= 15 is 4.39 Å². The van der Waals surface area contributed by atoms with Crippen LogP contribution in [0.2, 0.25) is 0 Å². The van der Waals surface area contributed by atoms with Crippen LogP contribution in [0.15, 0.2) is 48.7 Å². The Morgan fingerprint density at radius 2 is 1.98 bits per heavy atom. The lowest BCUT2D eigenvalue weighted by Crippen LogP contribution is -2.37. The maximum Gasteiger partial charge on any atom is 0.306 e. The highest BCUT2D eigenvalue weighted by Gasteiger charge is 2.39. The minimum Gasteiger partial charge on any atom is -0.485 e. The molecule has 0 spiro atoms. The molecule has 3 aliphatic rings. The second-order valence-corrected chi connectivity index (χ2v) is 13.0. The quantitative estimate of drug-likeness (QED) is 0.285. The minimum absolute atomic E-state index is 0.00118. The Hall–Kier alpha value is -3.45. The van der Waals surface area contributed by atoms with Crippen molar-refractivity contribution in [3.05, 3.63) is 76.7 Å². The SMILES string of the molecule is COc1cc(-c2ccc(C3CCc4ccc([C@H](C5CC5)[C@H](C)C(=O)O)cc4O3)cc2CN2CCCC2(C)C)c(F)cn1. The number of nitrogens with zero attached hydrogens (tertiary/aromatic N) is 2. The summed E-state index contributed by atoms with van der Waals surface area (Å²) in [4.78, 5) is 18.4. The number of pyridine rings is 1. The topological polar surface area (TPSA) is 71.9 Å². The number of rotatable bonds is 9. The Morgan fingerprint density at radius 1 is 1.17 bits per heavy atom. The van der Waals surface area contributed by atoms with Gasteiger partial charge in [0.2, 0.25) is 5.88 Å². The molecule has 6 nitrogen and oxygen atoms in total. The van der Waals surface area contributed by atoms with Crippen molar-refractivity contribution in [2.75, 3.05) is 13.7 Å². The number of hydrogen-bond donors (Lipinski definition) is 1. The van der Waals surface area contributed by atoms with Gasteiger partial charge in [0.25, 0.3) is 0 Å². The standard InChI is InChI=1S/C35H41FN2O4/c1-21(34(39)40)33(23-7-8-23)25-9-6-22-11-13-30(42-31(22)17-25)24-10-12-27(28-18-32(41-4)37-19-29(28)36)26(16-24)20-38-15-5-14-35(38,2)3/h6,9-10,12,16-19,21,23,30,33H,5,7-8,11,13-15,20H2,1-4H3,(H,39,40)/t21-,30?,33-/m0/s1. The Labute approximate surface area is 247 Å². The predicted octanol–water partition coefficient (Wildman–Crippen LogP) is 7.55. The Bertz CT molecular complexity index is 1480. The number of hydrogen-bond acceptors (Lipinski definition) is 5. The van der Waals surface area contributed by atoms with Gasteiger partial charge in [-0.1, -0.05) is 37.3 Å². The van der Waals surface area contributed by atoms with Crippen molar-refractivity contribution in [2.24, 2.45) is 11.8 Å². The van der Waals surface area contributed by atoms with Crippen LogP contribution in [-0.2, 0) is 17.8 Å². The van der Waals surface area contributed by atoms with E-state index in [2.05, 4.69) is 54.1 Å². The second-order valence-electron chi connectivity index (χ2n) is 13.0. The van der Waals surface area contributed by atoms with Crippen molar-refractivity contribution in [2.45, 2.75) is 83.4 Å². The molecule has 1 N–H and O–H groups in total. The number of halogens is 1. The second kappa shape index (κ2) is 11.3. The number of ether oxygens (including phenoxy) is 2. The van der Waals surface area contributed by atoms with Crippen molar-refractivity contribution < 1.29 is 23.8 Å². The van der Waals surface area contributed by atoms with Gasteiger partial charge in [-0.2, -0.15) is 0 Å². The fourth-order valence-corrected chi connectivity index (χ4v) is 7.01. The van der Waals surface area contributed by atoms with E-state index in [0.29, 0.717) is 23.9 Å². The molecule has 1 saturated heterocycles. The fraction of sp³-hybridized carbons (Fsp3) is 0.486. The molecule has 2 fully saturated rings. The van der Waals surface area contributed by atoms with Gasteiger partial charge in [-0.25, -0.2) is 9.37 Å². The summed E-state index contributed by atoms with van der Waals surface area (Å²) in [5.41, 5.74) is 5.74. The van der Waals surface area contributed by atoms with Crippen LogP contribution in [0.3, 0.4) is 0 Å². The predicted molar refractivity (Wildman–Crippen MR) is 160 cm³/mol. The molecule has 42 heavy (non-hydrogen) atoms. The van der Waals surface area contributed by atoms with Gasteiger partial charge in [-0.15, -0.1) is 0 Å². The number of carbonyl (C=O) groups is 1. The van der Waals surface area contributed by atoms with Crippen LogP contribution in [0.4, 0.5) is 4.39 Å². The lowest BCUT2D eigenvalue weighted by molar-refractivity contribution is -0.142. The maximum absolute atomic E-state index is 15.1. The van der Waals surface area contributed by atoms with Gasteiger partial charge in [0.15, 0.2) is 0 Å². The van der Waals surface area contributed by atoms with Crippen LogP contribution in [-0.4, -0.2) is 40.2 Å². The van der Waals surface area contributed by atoms with Crippen molar-refractivity contribution in [3.63, 3.8) is 0 Å². The number of methoxy groups -OCH3 is 1. The molecule has 1 saturated carbocycles. The molecule has 0 radical (unpaired) electrons. The number of fused-ring (bicyclic) bond motifs is 1. The zero-order valence-electron chi connectivity index (χ0n) is 25.0. The van der Waals surface area contributed by atoms with E-state index in [4.69, 9.17) is 9.47 Å². The van der Waals surface area contributed by atoms with Gasteiger partial charge in [-0.3, -0.25) is 9.69 Å². The van der Waals surface area contributed by atoms with Gasteiger partial charge >= 0.3 is 5.97 Å². The van der Waals surface area contributed by atoms with Gasteiger partial charge in [0, 0.05) is 23.7 Å². The summed E-state index contributed by atoms with van der Waals surface area (Å²) in [6, 6.07) is 14.2. The lowest BCUT2D eigenvalue weighted by Gasteiger charge is -2.33. The van der Waals surface area contributed by atoms with Crippen LogP contribution in [0.25, 0.3) is 11.1 Å². The first-order valence-corrected chi connectivity index (χ1v) is 15.2. The van der Waals surface area contributed by atoms with Crippen LogP contribution in [0.5, 0.6) is 11.6 Å². The number of likely N-dealkylation sites (tertiary alicyclic amines) is 1. The van der Waals surface area contributed by atoms with E-state index in [1.165, 1.54) is 6.20 Å². The molecule has 3 aromatic rings. The third-order valence-electron chi connectivity index (χ3n) is 9.74. The number of aliphatic carboxylic acids is 1. The monoisotopic (exact) mass is 572 g/mol. The summed E-state index contributed by atoms with van der Waals surface area (Å²) in [7, 11) is 1.54. The van der Waals surface area contributed by atoms with Crippen molar-refractivity contribution in [1.82, 2.24) is 9.88 Å². The third kappa shape index (κ3) is 5.63. The van der Waals surface area contributed by atoms with E-state index in [-0.39, 0.29) is 23.4 Å². The lowest BCUT2D eigenvalue weighted by atomic mass is 9.82. The first kappa shape index (κ1) is 28.7. The van der Waals surface area contributed by atoms with Crippen LogP contribution < -0.4 is 9.47 Å². The van der Waals surface area contributed by atoms with E-state index in [1.807, 2.05) is 13.0 Å². The van der Waals surface area contributed by atoms with Crippen molar-refractivity contribution in [3.8, 4) is 22.8 Å². The average Bonchev–Trinajstić information content (AvgIpc) is 3.76. The van der Waals surface area contributed by atoms with E-state index < -0.39 is 11.9 Å². The normalized spacial score (nSPS) is 21.3. The highest BCUT2D eigenvalue weighted by atomic mass is 19.1. The Morgan fingerprint density at radius 3 is 2.67 bits per heavy atom. The average molecular weight is 573 g/mol. The summed E-state index contributed by atoms with van der Waals surface area (Å²) in [6.45, 7) is 8.09. The molecule has 222 valence electrons. The van der Waals surface area contributed by atoms with Gasteiger partial charge in [0.1, 0.15) is 17.7 Å². The number of aromatic nitrogens is 1. The summed E-state index contributed by atoms with van der Waals surface area (Å²) in [6.07, 6.45) is 7.25. The smallest absolute Gasteiger partial charge is 0.306 e. The van der Waals surface area contributed by atoms with Gasteiger partial charge in [0.05, 0.1) is 19.2 Å². The molecular formula is C35H41FN2O4. The first-order valence-electron chi connectivity index (χ1n) is 15.2. The van der Waals surface area contributed by atoms with Gasteiger partial charge in [-0.05, 0) is 105 Å². The molecule has 1 aromatic heterocycles. The summed E-state index contributed by atoms with van der Waals surface area (Å²) >= 11 is 0. The van der Waals surface area contributed by atoms with Crippen LogP contribution in [0.1, 0.15) is 87.2 Å². The van der Waals surface area contributed by atoms with Crippen LogP contribution in [0, 0.1) is 17.7 Å². The molecule has 6 rings (SSSR count). The van der Waals surface area contributed by atoms with E-state index in [1.54, 1.807) is 13.2 Å². The summed E-state index contributed by atoms with van der Waals surface area (Å²) in [5.74, 6) is 0.0921. The summed E-state index contributed by atoms with van der Waals surface area (Å²) in [5, 5.41) is 9.76. The third-order valence-corrected chi connectivity index (χ3v) is 9.74. The molecular weight excluding hydrogens is 531 g/mol. The van der Waals surface area contributed by atoms with E-state index in [0.717, 1.165) is 78.6 Å². The maximum atomic E-state index is 15.1. The largest absolute Gasteiger partial charge is 0.485 e. The number of carboxylic acid groups (broad SMARTS) is 1. The molecule has 2 aliphatic heterocycles. The highest BCUT2D eigenvalue weighted by Crippen LogP contribution is 2.48. The fourth-order valence-electron chi connectivity index (χ4n) is 7.01. The molecule has 2 aromatic carbocycles. The molecule has 3 heterocycles. The van der Waals surface area contributed by atoms with Crippen molar-refractivity contribution >= 4 is 5.97 Å². The number of aryl methyl sites for hydroxylation is 1. The van der Waals surface area contributed by atoms with Crippen LogP contribution >= 0.6 is 0 Å². The molecule has 7 heteroatoms. The molecule has 1 aliphatic carbocycles. The highest BCUT2D eigenvalue weighted by molar-refractivity contribution is 5.71. The Balaban J connectivity index is 1.33. The number of benzene rings is 2. The van der Waals surface area contributed by atoms with E-state index in [9.17, 15) is 9.90 Å².